The zero-order valence-corrected chi connectivity index (χ0v) is 14.6. The summed E-state index contributed by atoms with van der Waals surface area (Å²) in [7, 11) is 0.260. The summed E-state index contributed by atoms with van der Waals surface area (Å²) >= 11 is 0. The van der Waals surface area contributed by atoms with Gasteiger partial charge in [0.15, 0.2) is 5.82 Å². The molecule has 0 atom stereocenters. The summed E-state index contributed by atoms with van der Waals surface area (Å²) in [6, 6.07) is 6.70. The maximum Gasteiger partial charge on any atom is 0.240 e. The van der Waals surface area contributed by atoms with E-state index in [1.54, 1.807) is 24.3 Å². The quantitative estimate of drug-likeness (QED) is 0.828. The predicted octanol–water partition coefficient (Wildman–Crippen LogP) is 1.78. The Balaban J connectivity index is 1.95. The fraction of sp³-hybridized carbons (Fsp3) is 0.467. The standard InChI is InChI=1S/C15H22N4O3S/c1-11(2)15-17-14(22-18-15)9-10-16-23(20,21)13-7-5-12(6-8-13)19(3)4/h5-8,11,16H,9-10H2,1-4H3. The predicted molar refractivity (Wildman–Crippen MR) is 88.0 cm³/mol. The van der Waals surface area contributed by atoms with Crippen molar-refractivity contribution in [1.82, 2.24) is 14.9 Å². The number of benzene rings is 1. The topological polar surface area (TPSA) is 88.3 Å². The lowest BCUT2D eigenvalue weighted by Gasteiger charge is -2.13. The van der Waals surface area contributed by atoms with Crippen LogP contribution in [0.2, 0.25) is 0 Å². The Morgan fingerprint density at radius 3 is 2.39 bits per heavy atom. The van der Waals surface area contributed by atoms with Crippen molar-refractivity contribution in [3.05, 3.63) is 36.0 Å². The number of hydrogen-bond donors (Lipinski definition) is 1. The van der Waals surface area contributed by atoms with Crippen molar-refractivity contribution in [2.45, 2.75) is 31.1 Å². The van der Waals surface area contributed by atoms with Gasteiger partial charge in [-0.2, -0.15) is 4.98 Å². The van der Waals surface area contributed by atoms with Crippen LogP contribution in [0.4, 0.5) is 5.69 Å². The van der Waals surface area contributed by atoms with Crippen molar-refractivity contribution in [2.75, 3.05) is 25.5 Å². The molecule has 7 nitrogen and oxygen atoms in total. The molecule has 2 aromatic rings. The van der Waals surface area contributed by atoms with E-state index >= 15 is 0 Å². The van der Waals surface area contributed by atoms with Gasteiger partial charge in [-0.1, -0.05) is 19.0 Å². The molecule has 1 N–H and O–H groups in total. The number of aromatic nitrogens is 2. The zero-order valence-electron chi connectivity index (χ0n) is 13.8. The van der Waals surface area contributed by atoms with Gasteiger partial charge in [-0.25, -0.2) is 13.1 Å². The molecule has 0 radical (unpaired) electrons. The molecule has 1 aromatic heterocycles. The van der Waals surface area contributed by atoms with Gasteiger partial charge in [-0.3, -0.25) is 0 Å². The lowest BCUT2D eigenvalue weighted by Crippen LogP contribution is -2.26. The molecular weight excluding hydrogens is 316 g/mol. The van der Waals surface area contributed by atoms with Gasteiger partial charge in [0, 0.05) is 38.7 Å². The van der Waals surface area contributed by atoms with Crippen LogP contribution in [0.1, 0.15) is 31.5 Å². The average Bonchev–Trinajstić information content (AvgIpc) is 2.96. The van der Waals surface area contributed by atoms with E-state index < -0.39 is 10.0 Å². The van der Waals surface area contributed by atoms with Crippen molar-refractivity contribution >= 4 is 15.7 Å². The molecule has 0 spiro atoms. The van der Waals surface area contributed by atoms with Crippen LogP contribution in [0.5, 0.6) is 0 Å². The van der Waals surface area contributed by atoms with Gasteiger partial charge in [-0.05, 0) is 24.3 Å². The summed E-state index contributed by atoms with van der Waals surface area (Å²) in [6.45, 7) is 4.14. The highest BCUT2D eigenvalue weighted by atomic mass is 32.2. The summed E-state index contributed by atoms with van der Waals surface area (Å²) in [5.41, 5.74) is 0.941. The number of anilines is 1. The fourth-order valence-electron chi connectivity index (χ4n) is 1.90. The molecule has 0 bridgehead atoms. The molecule has 0 saturated carbocycles. The minimum atomic E-state index is -3.54. The smallest absolute Gasteiger partial charge is 0.240 e. The average molecular weight is 338 g/mol. The number of nitrogens with zero attached hydrogens (tertiary/aromatic N) is 3. The molecule has 0 aliphatic rings. The molecule has 0 unspecified atom stereocenters. The maximum atomic E-state index is 12.2. The fourth-order valence-corrected chi connectivity index (χ4v) is 2.94. The number of nitrogens with one attached hydrogen (secondary N) is 1. The van der Waals surface area contributed by atoms with E-state index in [0.717, 1.165) is 5.69 Å². The van der Waals surface area contributed by atoms with Crippen LogP contribution < -0.4 is 9.62 Å². The molecule has 0 fully saturated rings. The first-order valence-electron chi connectivity index (χ1n) is 7.39. The summed E-state index contributed by atoms with van der Waals surface area (Å²) in [5.74, 6) is 1.24. The van der Waals surface area contributed by atoms with E-state index in [-0.39, 0.29) is 17.4 Å². The second-order valence-corrected chi connectivity index (χ2v) is 7.50. The van der Waals surface area contributed by atoms with Crippen molar-refractivity contribution in [3.8, 4) is 0 Å². The molecule has 0 aliphatic carbocycles. The third-order valence-corrected chi connectivity index (χ3v) is 4.77. The second-order valence-electron chi connectivity index (χ2n) is 5.74. The molecule has 23 heavy (non-hydrogen) atoms. The number of sulfonamides is 1. The van der Waals surface area contributed by atoms with Gasteiger partial charge >= 0.3 is 0 Å². The summed E-state index contributed by atoms with van der Waals surface area (Å²) in [5, 5.41) is 3.85. The molecule has 126 valence electrons. The Labute approximate surface area is 136 Å². The Hall–Kier alpha value is -1.93. The lowest BCUT2D eigenvalue weighted by molar-refractivity contribution is 0.371. The Bertz CT molecular complexity index is 736. The summed E-state index contributed by atoms with van der Waals surface area (Å²) in [6.07, 6.45) is 0.356. The second kappa shape index (κ2) is 7.10. The highest BCUT2D eigenvalue weighted by molar-refractivity contribution is 7.89. The van der Waals surface area contributed by atoms with Crippen LogP contribution in [0, 0.1) is 0 Å². The first-order chi connectivity index (χ1) is 10.8. The van der Waals surface area contributed by atoms with Crippen LogP contribution >= 0.6 is 0 Å². The van der Waals surface area contributed by atoms with Gasteiger partial charge in [-0.15, -0.1) is 0 Å². The van der Waals surface area contributed by atoms with Crippen molar-refractivity contribution < 1.29 is 12.9 Å². The van der Waals surface area contributed by atoms with Crippen molar-refractivity contribution in [3.63, 3.8) is 0 Å². The van der Waals surface area contributed by atoms with E-state index in [2.05, 4.69) is 14.9 Å². The highest BCUT2D eigenvalue weighted by Crippen LogP contribution is 2.16. The molecule has 0 aliphatic heterocycles. The van der Waals surface area contributed by atoms with Crippen molar-refractivity contribution in [2.24, 2.45) is 0 Å². The first kappa shape index (κ1) is 17.4. The maximum absolute atomic E-state index is 12.2. The third-order valence-electron chi connectivity index (χ3n) is 3.29. The van der Waals surface area contributed by atoms with E-state index in [0.29, 0.717) is 18.1 Å². The summed E-state index contributed by atoms with van der Waals surface area (Å²) in [4.78, 5) is 6.36. The Morgan fingerprint density at radius 2 is 1.87 bits per heavy atom. The van der Waals surface area contributed by atoms with Crippen LogP contribution in [0.15, 0.2) is 33.7 Å². The monoisotopic (exact) mass is 338 g/mol. The minimum absolute atomic E-state index is 0.180. The molecule has 1 aromatic carbocycles. The largest absolute Gasteiger partial charge is 0.378 e. The molecule has 2 rings (SSSR count). The lowest BCUT2D eigenvalue weighted by atomic mass is 10.2. The Kier molecular flexibility index (Phi) is 5.38. The molecule has 8 heteroatoms. The SMILES string of the molecule is CC(C)c1noc(CCNS(=O)(=O)c2ccc(N(C)C)cc2)n1. The molecule has 0 saturated heterocycles. The summed E-state index contributed by atoms with van der Waals surface area (Å²) < 4.78 is 32.1. The number of hydrogen-bond acceptors (Lipinski definition) is 6. The Morgan fingerprint density at radius 1 is 1.22 bits per heavy atom. The zero-order chi connectivity index (χ0) is 17.0. The minimum Gasteiger partial charge on any atom is -0.378 e. The van der Waals surface area contributed by atoms with E-state index in [1.165, 1.54) is 0 Å². The molecule has 0 amide bonds. The van der Waals surface area contributed by atoms with E-state index in [1.807, 2.05) is 32.8 Å². The van der Waals surface area contributed by atoms with Crippen LogP contribution in [0.25, 0.3) is 0 Å². The first-order valence-corrected chi connectivity index (χ1v) is 8.87. The van der Waals surface area contributed by atoms with Gasteiger partial charge < -0.3 is 9.42 Å². The van der Waals surface area contributed by atoms with Crippen LogP contribution in [-0.2, 0) is 16.4 Å². The van der Waals surface area contributed by atoms with Crippen LogP contribution in [-0.4, -0.2) is 39.2 Å². The van der Waals surface area contributed by atoms with Crippen molar-refractivity contribution in [1.29, 1.82) is 0 Å². The third kappa shape index (κ3) is 4.52. The van der Waals surface area contributed by atoms with Crippen LogP contribution in [0.3, 0.4) is 0 Å². The molecular formula is C15H22N4O3S. The van der Waals surface area contributed by atoms with Gasteiger partial charge in [0.05, 0.1) is 4.90 Å². The van der Waals surface area contributed by atoms with Gasteiger partial charge in [0.25, 0.3) is 0 Å². The highest BCUT2D eigenvalue weighted by Gasteiger charge is 2.15. The van der Waals surface area contributed by atoms with E-state index in [4.69, 9.17) is 4.52 Å². The normalized spacial score (nSPS) is 11.9. The van der Waals surface area contributed by atoms with Gasteiger partial charge in [0.2, 0.25) is 15.9 Å². The number of rotatable bonds is 7. The van der Waals surface area contributed by atoms with Gasteiger partial charge in [0.1, 0.15) is 0 Å². The molecule has 1 heterocycles. The van der Waals surface area contributed by atoms with E-state index in [9.17, 15) is 8.42 Å².